The second-order valence-electron chi connectivity index (χ2n) is 3.65. The minimum absolute atomic E-state index is 0.559. The SMILES string of the molecule is CSC(=Nc1ccc(-c2n[nH]c(C)n2)cc1)NC#N. The number of H-pyrrole nitrogens is 1. The molecule has 0 spiro atoms. The van der Waals surface area contributed by atoms with Crippen molar-refractivity contribution in [2.75, 3.05) is 6.26 Å². The molecule has 1 heterocycles. The normalized spacial score (nSPS) is 11.1. The maximum absolute atomic E-state index is 8.57. The Bertz CT molecular complexity index is 622. The molecule has 0 saturated carbocycles. The van der Waals surface area contributed by atoms with Crippen molar-refractivity contribution in [1.82, 2.24) is 20.5 Å². The van der Waals surface area contributed by atoms with Gasteiger partial charge in [0.25, 0.3) is 0 Å². The average molecular weight is 272 g/mol. The number of nitrogens with one attached hydrogen (secondary N) is 2. The molecule has 0 amide bonds. The van der Waals surface area contributed by atoms with Crippen molar-refractivity contribution < 1.29 is 0 Å². The van der Waals surface area contributed by atoms with Crippen LogP contribution in [0.25, 0.3) is 11.4 Å². The summed E-state index contributed by atoms with van der Waals surface area (Å²) in [5, 5.41) is 18.5. The minimum Gasteiger partial charge on any atom is -0.271 e. The summed E-state index contributed by atoms with van der Waals surface area (Å²) < 4.78 is 0. The number of thioether (sulfide) groups is 1. The summed E-state index contributed by atoms with van der Waals surface area (Å²) in [6.07, 6.45) is 3.71. The van der Waals surface area contributed by atoms with Gasteiger partial charge < -0.3 is 0 Å². The highest BCUT2D eigenvalue weighted by Gasteiger charge is 2.03. The topological polar surface area (TPSA) is 89.8 Å². The van der Waals surface area contributed by atoms with E-state index in [0.29, 0.717) is 11.0 Å². The van der Waals surface area contributed by atoms with Crippen molar-refractivity contribution in [3.8, 4) is 17.6 Å². The largest absolute Gasteiger partial charge is 0.271 e. The minimum atomic E-state index is 0.559. The van der Waals surface area contributed by atoms with Crippen molar-refractivity contribution in [2.45, 2.75) is 6.92 Å². The van der Waals surface area contributed by atoms with E-state index < -0.39 is 0 Å². The number of amidine groups is 1. The van der Waals surface area contributed by atoms with E-state index in [2.05, 4.69) is 25.5 Å². The Labute approximate surface area is 115 Å². The predicted molar refractivity (Wildman–Crippen MR) is 75.9 cm³/mol. The van der Waals surface area contributed by atoms with Gasteiger partial charge in [0.2, 0.25) is 0 Å². The van der Waals surface area contributed by atoms with Crippen molar-refractivity contribution in [3.05, 3.63) is 30.1 Å². The van der Waals surface area contributed by atoms with E-state index in [1.165, 1.54) is 11.8 Å². The van der Waals surface area contributed by atoms with Gasteiger partial charge in [0.05, 0.1) is 5.69 Å². The monoisotopic (exact) mass is 272 g/mol. The van der Waals surface area contributed by atoms with Gasteiger partial charge in [0.1, 0.15) is 5.82 Å². The summed E-state index contributed by atoms with van der Waals surface area (Å²) in [6.45, 7) is 1.85. The molecule has 1 aromatic carbocycles. The van der Waals surface area contributed by atoms with Crippen LogP contribution in [-0.4, -0.2) is 26.6 Å². The molecule has 19 heavy (non-hydrogen) atoms. The molecule has 0 aliphatic rings. The molecule has 0 aliphatic carbocycles. The molecular formula is C12H12N6S. The molecule has 96 valence electrons. The van der Waals surface area contributed by atoms with Crippen LogP contribution in [0.4, 0.5) is 5.69 Å². The molecule has 2 rings (SSSR count). The van der Waals surface area contributed by atoms with Crippen molar-refractivity contribution in [1.29, 1.82) is 5.26 Å². The van der Waals surface area contributed by atoms with Crippen molar-refractivity contribution >= 4 is 22.6 Å². The highest BCUT2D eigenvalue weighted by molar-refractivity contribution is 8.13. The first kappa shape index (κ1) is 13.1. The fraction of sp³-hybridized carbons (Fsp3) is 0.167. The van der Waals surface area contributed by atoms with E-state index in [9.17, 15) is 0 Å². The second kappa shape index (κ2) is 6.02. The molecule has 6 nitrogen and oxygen atoms in total. The molecular weight excluding hydrogens is 260 g/mol. The Balaban J connectivity index is 2.21. The molecule has 7 heteroatoms. The molecule has 2 aromatic rings. The third-order valence-corrected chi connectivity index (χ3v) is 2.89. The highest BCUT2D eigenvalue weighted by atomic mass is 32.2. The van der Waals surface area contributed by atoms with Crippen LogP contribution in [0.2, 0.25) is 0 Å². The summed E-state index contributed by atoms with van der Waals surface area (Å²) in [6, 6.07) is 7.50. The number of nitrogens with zero attached hydrogens (tertiary/aromatic N) is 4. The number of benzene rings is 1. The first-order valence-corrected chi connectivity index (χ1v) is 6.72. The van der Waals surface area contributed by atoms with Gasteiger partial charge >= 0.3 is 0 Å². The fourth-order valence-electron chi connectivity index (χ4n) is 1.45. The summed E-state index contributed by atoms with van der Waals surface area (Å²) in [5.74, 6) is 1.44. The molecule has 0 bridgehead atoms. The zero-order valence-electron chi connectivity index (χ0n) is 10.5. The Morgan fingerprint density at radius 3 is 2.68 bits per heavy atom. The Morgan fingerprint density at radius 2 is 2.16 bits per heavy atom. The van der Waals surface area contributed by atoms with Gasteiger partial charge in [-0.2, -0.15) is 10.4 Å². The van der Waals surface area contributed by atoms with Gasteiger partial charge in [-0.05, 0) is 37.4 Å². The number of aliphatic imine (C=N–C) groups is 1. The number of hydrogen-bond donors (Lipinski definition) is 2. The number of hydrogen-bond acceptors (Lipinski definition) is 5. The third-order valence-electron chi connectivity index (χ3n) is 2.31. The van der Waals surface area contributed by atoms with Crippen LogP contribution < -0.4 is 5.32 Å². The van der Waals surface area contributed by atoms with Crippen LogP contribution in [0.3, 0.4) is 0 Å². The van der Waals surface area contributed by atoms with Gasteiger partial charge in [-0.3, -0.25) is 10.4 Å². The van der Waals surface area contributed by atoms with Gasteiger partial charge in [-0.25, -0.2) is 9.98 Å². The lowest BCUT2D eigenvalue weighted by Gasteiger charge is -2.00. The lowest BCUT2D eigenvalue weighted by atomic mass is 10.2. The molecule has 0 fully saturated rings. The number of aromatic nitrogens is 3. The zero-order chi connectivity index (χ0) is 13.7. The molecule has 0 saturated heterocycles. The Morgan fingerprint density at radius 1 is 1.42 bits per heavy atom. The molecule has 0 aliphatic heterocycles. The number of nitriles is 1. The van der Waals surface area contributed by atoms with Crippen LogP contribution in [0.1, 0.15) is 5.82 Å². The van der Waals surface area contributed by atoms with E-state index in [1.54, 1.807) is 0 Å². The second-order valence-corrected chi connectivity index (χ2v) is 4.44. The lowest BCUT2D eigenvalue weighted by molar-refractivity contribution is 1.04. The van der Waals surface area contributed by atoms with Crippen molar-refractivity contribution in [2.24, 2.45) is 4.99 Å². The Hall–Kier alpha value is -2.33. The van der Waals surface area contributed by atoms with Crippen LogP contribution >= 0.6 is 11.8 Å². The maximum atomic E-state index is 8.57. The van der Waals surface area contributed by atoms with Crippen molar-refractivity contribution in [3.63, 3.8) is 0 Å². The standard InChI is InChI=1S/C12H12N6S/c1-8-15-11(18-17-8)9-3-5-10(6-4-9)16-12(19-2)14-7-13/h3-6H,1-2H3,(H,14,16)(H,15,17,18). The van der Waals surface area contributed by atoms with Gasteiger partial charge in [-0.15, -0.1) is 0 Å². The number of rotatable bonds is 2. The van der Waals surface area contributed by atoms with E-state index >= 15 is 0 Å². The fourth-order valence-corrected chi connectivity index (χ4v) is 1.79. The van der Waals surface area contributed by atoms with Gasteiger partial charge in [-0.1, -0.05) is 11.8 Å². The summed E-state index contributed by atoms with van der Waals surface area (Å²) in [5.41, 5.74) is 1.69. The van der Waals surface area contributed by atoms with Crippen LogP contribution in [0.15, 0.2) is 29.3 Å². The van der Waals surface area contributed by atoms with Crippen LogP contribution in [-0.2, 0) is 0 Å². The van der Waals surface area contributed by atoms with Crippen LogP contribution in [0.5, 0.6) is 0 Å². The average Bonchev–Trinajstić information content (AvgIpc) is 2.86. The van der Waals surface area contributed by atoms with E-state index in [-0.39, 0.29) is 0 Å². The smallest absolute Gasteiger partial charge is 0.183 e. The summed E-state index contributed by atoms with van der Waals surface area (Å²) >= 11 is 1.38. The zero-order valence-corrected chi connectivity index (χ0v) is 11.3. The predicted octanol–water partition coefficient (Wildman–Crippen LogP) is 2.20. The summed E-state index contributed by atoms with van der Waals surface area (Å²) in [7, 11) is 0. The maximum Gasteiger partial charge on any atom is 0.183 e. The van der Waals surface area contributed by atoms with E-state index in [0.717, 1.165) is 17.1 Å². The molecule has 0 unspecified atom stereocenters. The van der Waals surface area contributed by atoms with E-state index in [4.69, 9.17) is 5.26 Å². The number of aromatic amines is 1. The molecule has 0 radical (unpaired) electrons. The first-order valence-electron chi connectivity index (χ1n) is 5.50. The third kappa shape index (κ3) is 3.33. The molecule has 0 atom stereocenters. The van der Waals surface area contributed by atoms with E-state index in [1.807, 2.05) is 43.6 Å². The molecule has 2 N–H and O–H groups in total. The molecule has 1 aromatic heterocycles. The number of aryl methyl sites for hydroxylation is 1. The van der Waals surface area contributed by atoms with Gasteiger partial charge in [0.15, 0.2) is 17.2 Å². The van der Waals surface area contributed by atoms with Gasteiger partial charge in [0, 0.05) is 5.56 Å². The summed E-state index contributed by atoms with van der Waals surface area (Å²) in [4.78, 5) is 8.56. The first-order chi connectivity index (χ1) is 9.22. The Kier molecular flexibility index (Phi) is 4.15. The highest BCUT2D eigenvalue weighted by Crippen LogP contribution is 2.20. The van der Waals surface area contributed by atoms with Crippen LogP contribution in [0, 0.1) is 18.4 Å². The quantitative estimate of drug-likeness (QED) is 0.378. The lowest BCUT2D eigenvalue weighted by Crippen LogP contribution is -2.12.